The smallest absolute Gasteiger partial charge is 0.120 e. The third kappa shape index (κ3) is 2.49. The average molecular weight is 209 g/mol. The molecule has 84 valence electrons. The second-order valence-electron chi connectivity index (χ2n) is 4.21. The zero-order valence-corrected chi connectivity index (χ0v) is 9.49. The first-order valence-corrected chi connectivity index (χ1v) is 5.17. The molecule has 0 spiro atoms. The van der Waals surface area contributed by atoms with Crippen molar-refractivity contribution >= 4 is 0 Å². The van der Waals surface area contributed by atoms with Gasteiger partial charge in [0.15, 0.2) is 0 Å². The lowest BCUT2D eigenvalue weighted by molar-refractivity contribution is 0.265. The van der Waals surface area contributed by atoms with E-state index in [4.69, 9.17) is 10.8 Å². The van der Waals surface area contributed by atoms with Gasteiger partial charge in [0, 0.05) is 5.56 Å². The van der Waals surface area contributed by atoms with Crippen LogP contribution in [0.4, 0.5) is 0 Å². The molecule has 1 aromatic carbocycles. The number of benzene rings is 1. The number of aliphatic hydroxyl groups excluding tert-OH is 1. The molecule has 0 bridgehead atoms. The number of hydrogen-bond acceptors (Lipinski definition) is 3. The summed E-state index contributed by atoms with van der Waals surface area (Å²) in [6, 6.07) is 3.08. The molecule has 1 atom stereocenters. The minimum Gasteiger partial charge on any atom is -0.508 e. The van der Waals surface area contributed by atoms with Gasteiger partial charge in [0.2, 0.25) is 0 Å². The summed E-state index contributed by atoms with van der Waals surface area (Å²) in [6.07, 6.45) is 0. The van der Waals surface area contributed by atoms with Crippen molar-refractivity contribution < 1.29 is 10.2 Å². The zero-order chi connectivity index (χ0) is 11.6. The lowest BCUT2D eigenvalue weighted by Crippen LogP contribution is -2.15. The monoisotopic (exact) mass is 209 g/mol. The molecule has 15 heavy (non-hydrogen) atoms. The van der Waals surface area contributed by atoms with E-state index >= 15 is 0 Å². The quantitative estimate of drug-likeness (QED) is 0.711. The predicted molar refractivity (Wildman–Crippen MR) is 60.9 cm³/mol. The number of rotatable bonds is 3. The Bertz CT molecular complexity index is 348. The van der Waals surface area contributed by atoms with Crippen molar-refractivity contribution in [2.75, 3.05) is 6.61 Å². The molecule has 0 radical (unpaired) electrons. The molecule has 1 unspecified atom stereocenters. The van der Waals surface area contributed by atoms with Crippen molar-refractivity contribution in [2.24, 2.45) is 5.73 Å². The maximum absolute atomic E-state index is 9.71. The minimum atomic E-state index is -0.511. The van der Waals surface area contributed by atoms with Gasteiger partial charge in [-0.25, -0.2) is 0 Å². The van der Waals surface area contributed by atoms with Crippen LogP contribution >= 0.6 is 0 Å². The van der Waals surface area contributed by atoms with Crippen LogP contribution in [0.3, 0.4) is 0 Å². The molecule has 1 aromatic rings. The molecular formula is C12H19NO2. The topological polar surface area (TPSA) is 66.5 Å². The molecule has 0 aliphatic carbocycles. The Balaban J connectivity index is 3.23. The minimum absolute atomic E-state index is 0.159. The number of phenols is 1. The van der Waals surface area contributed by atoms with Crippen molar-refractivity contribution in [3.63, 3.8) is 0 Å². The van der Waals surface area contributed by atoms with Gasteiger partial charge in [0.05, 0.1) is 12.6 Å². The molecule has 0 aliphatic heterocycles. The fraction of sp³-hybridized carbons (Fsp3) is 0.500. The summed E-state index contributed by atoms with van der Waals surface area (Å²) in [5, 5.41) is 18.7. The molecule has 0 amide bonds. The first kappa shape index (κ1) is 12.0. The van der Waals surface area contributed by atoms with Crippen LogP contribution in [-0.2, 0) is 0 Å². The summed E-state index contributed by atoms with van der Waals surface area (Å²) in [7, 11) is 0. The van der Waals surface area contributed by atoms with E-state index in [1.54, 1.807) is 6.07 Å². The van der Waals surface area contributed by atoms with Gasteiger partial charge in [-0.1, -0.05) is 13.8 Å². The molecule has 4 N–H and O–H groups in total. The molecule has 0 aliphatic rings. The molecule has 3 heteroatoms. The van der Waals surface area contributed by atoms with E-state index in [-0.39, 0.29) is 12.4 Å². The van der Waals surface area contributed by atoms with Gasteiger partial charge in [0.25, 0.3) is 0 Å². The molecule has 0 fully saturated rings. The second kappa shape index (κ2) is 4.64. The molecule has 0 aromatic heterocycles. The Morgan fingerprint density at radius 1 is 1.27 bits per heavy atom. The molecule has 1 rings (SSSR count). The summed E-state index contributed by atoms with van der Waals surface area (Å²) in [5.74, 6) is 0.550. The number of aliphatic hydroxyl groups is 1. The summed E-state index contributed by atoms with van der Waals surface area (Å²) >= 11 is 0. The third-order valence-electron chi connectivity index (χ3n) is 2.63. The number of nitrogens with two attached hydrogens (primary N) is 1. The largest absolute Gasteiger partial charge is 0.508 e. The fourth-order valence-corrected chi connectivity index (χ4v) is 1.74. The summed E-state index contributed by atoms with van der Waals surface area (Å²) in [4.78, 5) is 0. The molecule has 0 saturated heterocycles. The number of hydrogen-bond donors (Lipinski definition) is 3. The van der Waals surface area contributed by atoms with E-state index in [1.165, 1.54) is 0 Å². The summed E-state index contributed by atoms with van der Waals surface area (Å²) in [5.41, 5.74) is 8.53. The van der Waals surface area contributed by atoms with Crippen LogP contribution < -0.4 is 5.73 Å². The van der Waals surface area contributed by atoms with Crippen molar-refractivity contribution in [1.29, 1.82) is 0 Å². The SMILES string of the molecule is Cc1cc(O)c(C(N)CO)cc1C(C)C. The average Bonchev–Trinajstić information content (AvgIpc) is 2.16. The van der Waals surface area contributed by atoms with Gasteiger partial charge in [-0.15, -0.1) is 0 Å². The Labute approximate surface area is 90.5 Å². The van der Waals surface area contributed by atoms with Gasteiger partial charge >= 0.3 is 0 Å². The van der Waals surface area contributed by atoms with Crippen LogP contribution in [0, 0.1) is 6.92 Å². The van der Waals surface area contributed by atoms with Crippen LogP contribution in [0.25, 0.3) is 0 Å². The standard InChI is InChI=1S/C12H19NO2/c1-7(2)9-5-10(11(13)6-14)12(15)4-8(9)3/h4-5,7,11,14-15H,6,13H2,1-3H3. The van der Waals surface area contributed by atoms with Crippen LogP contribution in [0.1, 0.15) is 42.5 Å². The van der Waals surface area contributed by atoms with E-state index in [9.17, 15) is 5.11 Å². The van der Waals surface area contributed by atoms with Crippen LogP contribution in [0.2, 0.25) is 0 Å². The van der Waals surface area contributed by atoms with Crippen LogP contribution in [0.15, 0.2) is 12.1 Å². The van der Waals surface area contributed by atoms with Gasteiger partial charge < -0.3 is 15.9 Å². The maximum atomic E-state index is 9.71. The van der Waals surface area contributed by atoms with Gasteiger partial charge in [0.1, 0.15) is 5.75 Å². The zero-order valence-electron chi connectivity index (χ0n) is 9.49. The normalized spacial score (nSPS) is 13.2. The molecular weight excluding hydrogens is 190 g/mol. The van der Waals surface area contributed by atoms with Crippen molar-refractivity contribution in [3.05, 3.63) is 28.8 Å². The second-order valence-corrected chi connectivity index (χ2v) is 4.21. The Morgan fingerprint density at radius 2 is 1.87 bits per heavy atom. The molecule has 0 heterocycles. The highest BCUT2D eigenvalue weighted by molar-refractivity contribution is 5.44. The van der Waals surface area contributed by atoms with Gasteiger partial charge in [-0.2, -0.15) is 0 Å². The third-order valence-corrected chi connectivity index (χ3v) is 2.63. The van der Waals surface area contributed by atoms with Crippen LogP contribution in [0.5, 0.6) is 5.75 Å². The van der Waals surface area contributed by atoms with Crippen LogP contribution in [-0.4, -0.2) is 16.8 Å². The Kier molecular flexibility index (Phi) is 3.72. The lowest BCUT2D eigenvalue weighted by atomic mass is 9.93. The van der Waals surface area contributed by atoms with Gasteiger partial charge in [-0.05, 0) is 36.1 Å². The van der Waals surface area contributed by atoms with E-state index in [2.05, 4.69) is 13.8 Å². The number of aromatic hydroxyl groups is 1. The Morgan fingerprint density at radius 3 is 2.33 bits per heavy atom. The number of aryl methyl sites for hydroxylation is 1. The van der Waals surface area contributed by atoms with E-state index < -0.39 is 6.04 Å². The molecule has 3 nitrogen and oxygen atoms in total. The summed E-state index contributed by atoms with van der Waals surface area (Å²) < 4.78 is 0. The first-order chi connectivity index (χ1) is 6.97. The maximum Gasteiger partial charge on any atom is 0.120 e. The van der Waals surface area contributed by atoms with Crippen molar-refractivity contribution in [3.8, 4) is 5.75 Å². The molecule has 0 saturated carbocycles. The van der Waals surface area contributed by atoms with E-state index in [1.807, 2.05) is 13.0 Å². The van der Waals surface area contributed by atoms with E-state index in [0.717, 1.165) is 11.1 Å². The predicted octanol–water partition coefficient (Wildman–Crippen LogP) is 1.82. The highest BCUT2D eigenvalue weighted by Crippen LogP contribution is 2.30. The lowest BCUT2D eigenvalue weighted by Gasteiger charge is -2.16. The first-order valence-electron chi connectivity index (χ1n) is 5.17. The fourth-order valence-electron chi connectivity index (χ4n) is 1.74. The summed E-state index contributed by atoms with van der Waals surface area (Å²) in [6.45, 7) is 5.98. The van der Waals surface area contributed by atoms with E-state index in [0.29, 0.717) is 11.5 Å². The number of phenolic OH excluding ortho intramolecular Hbond substituents is 1. The van der Waals surface area contributed by atoms with Crippen molar-refractivity contribution in [1.82, 2.24) is 0 Å². The Hall–Kier alpha value is -1.06. The highest BCUT2D eigenvalue weighted by atomic mass is 16.3. The van der Waals surface area contributed by atoms with Gasteiger partial charge in [-0.3, -0.25) is 0 Å². The highest BCUT2D eigenvalue weighted by Gasteiger charge is 2.14. The van der Waals surface area contributed by atoms with Crippen molar-refractivity contribution in [2.45, 2.75) is 32.7 Å².